The van der Waals surface area contributed by atoms with Gasteiger partial charge in [0.1, 0.15) is 5.54 Å². The molecule has 4 nitrogen and oxygen atoms in total. The minimum absolute atomic E-state index is 0.593. The van der Waals surface area contributed by atoms with E-state index in [9.17, 15) is 0 Å². The van der Waals surface area contributed by atoms with Gasteiger partial charge in [-0.3, -0.25) is 9.97 Å². The van der Waals surface area contributed by atoms with E-state index in [0.29, 0.717) is 6.42 Å². The molecular formula is C20H21N4+. The van der Waals surface area contributed by atoms with E-state index in [1.165, 1.54) is 0 Å². The van der Waals surface area contributed by atoms with Crippen molar-refractivity contribution in [3.63, 3.8) is 0 Å². The molecule has 0 spiro atoms. The molecule has 0 atom stereocenters. The van der Waals surface area contributed by atoms with Gasteiger partial charge in [0, 0.05) is 24.5 Å². The van der Waals surface area contributed by atoms with E-state index < -0.39 is 5.54 Å². The summed E-state index contributed by atoms with van der Waals surface area (Å²) in [6.45, 7) is 4.57. The lowest BCUT2D eigenvalue weighted by atomic mass is 9.86. The predicted molar refractivity (Wildman–Crippen MR) is 94.0 cm³/mol. The van der Waals surface area contributed by atoms with Crippen LogP contribution < -0.4 is 10.3 Å². The number of pyridine rings is 3. The lowest BCUT2D eigenvalue weighted by molar-refractivity contribution is -0.694. The Morgan fingerprint density at radius 2 is 1.58 bits per heavy atom. The van der Waals surface area contributed by atoms with E-state index in [2.05, 4.69) is 27.2 Å². The molecule has 0 fully saturated rings. The average Bonchev–Trinajstić information content (AvgIpc) is 2.65. The van der Waals surface area contributed by atoms with Crippen LogP contribution in [0.3, 0.4) is 0 Å². The van der Waals surface area contributed by atoms with Crippen LogP contribution in [0.1, 0.15) is 17.1 Å². The lowest BCUT2D eigenvalue weighted by Gasteiger charge is -2.27. The first-order valence-corrected chi connectivity index (χ1v) is 7.94. The van der Waals surface area contributed by atoms with Gasteiger partial charge in [-0.05, 0) is 30.3 Å². The molecule has 120 valence electrons. The summed E-state index contributed by atoms with van der Waals surface area (Å²) < 4.78 is 2.14. The summed E-state index contributed by atoms with van der Waals surface area (Å²) in [4.78, 5) is 9.01. The van der Waals surface area contributed by atoms with Crippen LogP contribution in [0.5, 0.6) is 0 Å². The van der Waals surface area contributed by atoms with Crippen LogP contribution in [0, 0.1) is 0 Å². The van der Waals surface area contributed by atoms with Crippen LogP contribution in [-0.2, 0) is 18.5 Å². The standard InChI is InChI=1S/C20H21N4/c1-2-14-24-15-8-5-9-17(24)16-20(21,18-10-3-6-12-22-18)19-11-4-7-13-23-19/h2-13,15H,1,14,16,21H2/q+1. The minimum Gasteiger partial charge on any atom is -0.315 e. The Balaban J connectivity index is 2.09. The average molecular weight is 317 g/mol. The number of aromatic nitrogens is 3. The van der Waals surface area contributed by atoms with Gasteiger partial charge in [-0.1, -0.05) is 24.8 Å². The number of hydrogen-bond acceptors (Lipinski definition) is 3. The smallest absolute Gasteiger partial charge is 0.184 e. The zero-order chi connectivity index (χ0) is 16.8. The Kier molecular flexibility index (Phi) is 4.77. The molecular weight excluding hydrogens is 296 g/mol. The minimum atomic E-state index is -0.799. The summed E-state index contributed by atoms with van der Waals surface area (Å²) in [6.07, 6.45) is 8.04. The zero-order valence-electron chi connectivity index (χ0n) is 13.5. The molecule has 0 aliphatic rings. The summed E-state index contributed by atoms with van der Waals surface area (Å²) in [7, 11) is 0. The van der Waals surface area contributed by atoms with Crippen molar-refractivity contribution in [1.29, 1.82) is 0 Å². The highest BCUT2D eigenvalue weighted by Gasteiger charge is 2.35. The molecule has 0 amide bonds. The van der Waals surface area contributed by atoms with E-state index >= 15 is 0 Å². The first-order chi connectivity index (χ1) is 11.7. The molecule has 0 saturated carbocycles. The zero-order valence-corrected chi connectivity index (χ0v) is 13.5. The van der Waals surface area contributed by atoms with Gasteiger partial charge in [0.2, 0.25) is 0 Å². The van der Waals surface area contributed by atoms with Gasteiger partial charge in [0.25, 0.3) is 0 Å². The maximum Gasteiger partial charge on any atom is 0.184 e. The largest absolute Gasteiger partial charge is 0.315 e. The Morgan fingerprint density at radius 3 is 2.12 bits per heavy atom. The molecule has 0 radical (unpaired) electrons. The van der Waals surface area contributed by atoms with Gasteiger partial charge in [0.05, 0.1) is 17.8 Å². The normalized spacial score (nSPS) is 11.2. The number of nitrogens with two attached hydrogens (primary N) is 1. The molecule has 0 saturated heterocycles. The monoisotopic (exact) mass is 317 g/mol. The summed E-state index contributed by atoms with van der Waals surface area (Å²) >= 11 is 0. The van der Waals surface area contributed by atoms with Gasteiger partial charge in [-0.25, -0.2) is 0 Å². The summed E-state index contributed by atoms with van der Waals surface area (Å²) in [5, 5.41) is 0. The second kappa shape index (κ2) is 7.15. The Bertz CT molecular complexity index is 761. The highest BCUT2D eigenvalue weighted by molar-refractivity contribution is 5.31. The number of nitrogens with zero attached hydrogens (tertiary/aromatic N) is 3. The molecule has 4 heteroatoms. The van der Waals surface area contributed by atoms with Crippen LogP contribution >= 0.6 is 0 Å². The molecule has 0 aliphatic heterocycles. The molecule has 3 rings (SSSR count). The van der Waals surface area contributed by atoms with Crippen LogP contribution in [0.25, 0.3) is 0 Å². The van der Waals surface area contributed by atoms with Crippen LogP contribution in [-0.4, -0.2) is 9.97 Å². The van der Waals surface area contributed by atoms with Gasteiger partial charge in [-0.2, -0.15) is 4.57 Å². The fraction of sp³-hybridized carbons (Fsp3) is 0.150. The lowest BCUT2D eigenvalue weighted by Crippen LogP contribution is -2.47. The van der Waals surface area contributed by atoms with Crippen molar-refractivity contribution in [3.05, 3.63) is 103 Å². The molecule has 0 unspecified atom stereocenters. The molecule has 2 N–H and O–H groups in total. The van der Waals surface area contributed by atoms with Crippen molar-refractivity contribution in [1.82, 2.24) is 9.97 Å². The quantitative estimate of drug-likeness (QED) is 0.561. The summed E-state index contributed by atoms with van der Waals surface area (Å²) in [6, 6.07) is 17.7. The molecule has 3 heterocycles. The number of allylic oxidation sites excluding steroid dienone is 1. The Morgan fingerprint density at radius 1 is 0.958 bits per heavy atom. The molecule has 0 bridgehead atoms. The van der Waals surface area contributed by atoms with E-state index in [4.69, 9.17) is 5.73 Å². The first-order valence-electron chi connectivity index (χ1n) is 7.94. The third-order valence-corrected chi connectivity index (χ3v) is 4.06. The van der Waals surface area contributed by atoms with E-state index in [-0.39, 0.29) is 0 Å². The second-order valence-corrected chi connectivity index (χ2v) is 5.71. The van der Waals surface area contributed by atoms with Gasteiger partial charge < -0.3 is 5.73 Å². The fourth-order valence-electron chi connectivity index (χ4n) is 2.84. The maximum absolute atomic E-state index is 6.87. The molecule has 24 heavy (non-hydrogen) atoms. The number of hydrogen-bond donors (Lipinski definition) is 1. The van der Waals surface area contributed by atoms with Crippen molar-refractivity contribution in [2.24, 2.45) is 5.73 Å². The Hall–Kier alpha value is -2.85. The van der Waals surface area contributed by atoms with Gasteiger partial charge in [-0.15, -0.1) is 0 Å². The van der Waals surface area contributed by atoms with Crippen molar-refractivity contribution in [2.45, 2.75) is 18.5 Å². The predicted octanol–water partition coefficient (Wildman–Crippen LogP) is 2.40. The first kappa shape index (κ1) is 16.0. The fourth-order valence-corrected chi connectivity index (χ4v) is 2.84. The number of rotatable bonds is 6. The summed E-state index contributed by atoms with van der Waals surface area (Å²) in [5.41, 5.74) is 8.79. The van der Waals surface area contributed by atoms with Crippen molar-refractivity contribution in [3.8, 4) is 0 Å². The van der Waals surface area contributed by atoms with Crippen molar-refractivity contribution >= 4 is 0 Å². The Labute approximate surface area is 142 Å². The SMILES string of the molecule is C=CC[n+]1ccccc1CC(N)(c1ccccn1)c1ccccn1. The van der Waals surface area contributed by atoms with Crippen molar-refractivity contribution < 1.29 is 4.57 Å². The maximum atomic E-state index is 6.87. The molecule has 3 aromatic heterocycles. The van der Waals surface area contributed by atoms with Crippen LogP contribution in [0.15, 0.2) is 85.8 Å². The van der Waals surface area contributed by atoms with E-state index in [0.717, 1.165) is 23.6 Å². The molecule has 3 aromatic rings. The second-order valence-electron chi connectivity index (χ2n) is 5.71. The third-order valence-electron chi connectivity index (χ3n) is 4.06. The van der Waals surface area contributed by atoms with E-state index in [1.807, 2.05) is 60.8 Å². The van der Waals surface area contributed by atoms with Gasteiger partial charge >= 0.3 is 0 Å². The van der Waals surface area contributed by atoms with Crippen molar-refractivity contribution in [2.75, 3.05) is 0 Å². The molecule has 0 aliphatic carbocycles. The third kappa shape index (κ3) is 3.24. The highest BCUT2D eigenvalue weighted by atomic mass is 15.0. The van der Waals surface area contributed by atoms with Crippen LogP contribution in [0.4, 0.5) is 0 Å². The van der Waals surface area contributed by atoms with E-state index in [1.54, 1.807) is 12.4 Å². The molecule has 0 aromatic carbocycles. The topological polar surface area (TPSA) is 55.7 Å². The van der Waals surface area contributed by atoms with Gasteiger partial charge in [0.15, 0.2) is 18.4 Å². The van der Waals surface area contributed by atoms with Crippen LogP contribution in [0.2, 0.25) is 0 Å². The summed E-state index contributed by atoms with van der Waals surface area (Å²) in [5.74, 6) is 0. The highest BCUT2D eigenvalue weighted by Crippen LogP contribution is 2.27.